The molecule has 1 aliphatic heterocycles. The Bertz CT molecular complexity index is 639. The van der Waals surface area contributed by atoms with E-state index >= 15 is 0 Å². The van der Waals surface area contributed by atoms with Crippen molar-refractivity contribution in [3.63, 3.8) is 0 Å². The number of hydrogen-bond acceptors (Lipinski definition) is 4. The molecular formula is C17H23ClF3N3O2. The molecule has 5 nitrogen and oxygen atoms in total. The average Bonchev–Trinajstić information content (AvgIpc) is 2.51. The zero-order chi connectivity index (χ0) is 19.5. The van der Waals surface area contributed by atoms with Crippen molar-refractivity contribution in [3.05, 3.63) is 22.8 Å². The van der Waals surface area contributed by atoms with Gasteiger partial charge in [0.2, 0.25) is 0 Å². The molecule has 9 heteroatoms. The fourth-order valence-electron chi connectivity index (χ4n) is 2.71. The molecule has 1 saturated heterocycles. The van der Waals surface area contributed by atoms with Gasteiger partial charge in [-0.1, -0.05) is 11.6 Å². The van der Waals surface area contributed by atoms with E-state index in [9.17, 15) is 18.0 Å². The first-order chi connectivity index (χ1) is 12.0. The molecule has 146 valence electrons. The highest BCUT2D eigenvalue weighted by Gasteiger charge is 2.32. The van der Waals surface area contributed by atoms with E-state index in [4.69, 9.17) is 16.3 Å². The fourth-order valence-corrected chi connectivity index (χ4v) is 3.00. The van der Waals surface area contributed by atoms with Crippen LogP contribution >= 0.6 is 11.6 Å². The maximum Gasteiger partial charge on any atom is 0.417 e. The van der Waals surface area contributed by atoms with Crippen molar-refractivity contribution in [3.8, 4) is 0 Å². The van der Waals surface area contributed by atoms with Crippen molar-refractivity contribution in [2.75, 3.05) is 24.5 Å². The number of anilines is 1. The number of pyridine rings is 1. The van der Waals surface area contributed by atoms with E-state index in [1.165, 1.54) is 0 Å². The topological polar surface area (TPSA) is 54.5 Å². The lowest BCUT2D eigenvalue weighted by atomic mass is 9.97. The Kier molecular flexibility index (Phi) is 6.26. The highest BCUT2D eigenvalue weighted by molar-refractivity contribution is 6.33. The number of carbonyl (C=O) groups is 1. The molecule has 26 heavy (non-hydrogen) atoms. The predicted octanol–water partition coefficient (Wildman–Crippen LogP) is 4.49. The van der Waals surface area contributed by atoms with E-state index in [1.807, 2.05) is 4.90 Å². The maximum atomic E-state index is 12.7. The number of ether oxygens (including phenoxy) is 1. The van der Waals surface area contributed by atoms with Crippen molar-refractivity contribution >= 4 is 23.5 Å². The fraction of sp³-hybridized carbons (Fsp3) is 0.647. The smallest absolute Gasteiger partial charge is 0.417 e. The van der Waals surface area contributed by atoms with Crippen LogP contribution in [0.2, 0.25) is 5.02 Å². The van der Waals surface area contributed by atoms with Gasteiger partial charge in [-0.3, -0.25) is 0 Å². The molecule has 1 aromatic heterocycles. The number of aromatic nitrogens is 1. The summed E-state index contributed by atoms with van der Waals surface area (Å²) in [6.07, 6.45) is -2.57. The van der Waals surface area contributed by atoms with Gasteiger partial charge in [0, 0.05) is 25.8 Å². The molecule has 1 fully saturated rings. The Hall–Kier alpha value is -1.70. The molecule has 0 spiro atoms. The molecular weight excluding hydrogens is 371 g/mol. The molecule has 0 unspecified atom stereocenters. The van der Waals surface area contributed by atoms with E-state index in [0.29, 0.717) is 25.5 Å². The number of rotatable bonds is 3. The minimum Gasteiger partial charge on any atom is -0.444 e. The van der Waals surface area contributed by atoms with Gasteiger partial charge in [-0.15, -0.1) is 0 Å². The van der Waals surface area contributed by atoms with Crippen LogP contribution in [0.3, 0.4) is 0 Å². The highest BCUT2D eigenvalue weighted by atomic mass is 35.5. The summed E-state index contributed by atoms with van der Waals surface area (Å²) in [5.74, 6) is 0.630. The Morgan fingerprint density at radius 1 is 1.35 bits per heavy atom. The first-order valence-corrected chi connectivity index (χ1v) is 8.78. The summed E-state index contributed by atoms with van der Waals surface area (Å²) < 4.78 is 43.3. The molecule has 1 aromatic rings. The number of nitrogens with zero attached hydrogens (tertiary/aromatic N) is 2. The second kappa shape index (κ2) is 7.90. The second-order valence-electron chi connectivity index (χ2n) is 7.34. The van der Waals surface area contributed by atoms with E-state index in [2.05, 4.69) is 10.3 Å². The van der Waals surface area contributed by atoms with E-state index in [0.717, 1.165) is 25.1 Å². The van der Waals surface area contributed by atoms with Gasteiger partial charge in [0.05, 0.1) is 10.6 Å². The number of nitrogens with one attached hydrogen (secondary N) is 1. The quantitative estimate of drug-likeness (QED) is 0.821. The third kappa shape index (κ3) is 5.93. The molecule has 1 aliphatic rings. The van der Waals surface area contributed by atoms with Crippen LogP contribution in [-0.4, -0.2) is 36.3 Å². The van der Waals surface area contributed by atoms with Gasteiger partial charge in [0.25, 0.3) is 0 Å². The maximum absolute atomic E-state index is 12.7. The largest absolute Gasteiger partial charge is 0.444 e. The Balaban J connectivity index is 1.86. The molecule has 0 bridgehead atoms. The first-order valence-electron chi connectivity index (χ1n) is 8.40. The molecule has 2 heterocycles. The molecule has 0 aromatic carbocycles. The number of amides is 1. The molecule has 0 saturated carbocycles. The lowest BCUT2D eigenvalue weighted by Crippen LogP contribution is -2.40. The minimum absolute atomic E-state index is 0.00912. The van der Waals surface area contributed by atoms with Crippen molar-refractivity contribution in [2.45, 2.75) is 45.4 Å². The number of alkyl halides is 3. The SMILES string of the molecule is CC(C)(C)OC(=O)NCC1CCN(c2ncc(C(F)(F)F)cc2Cl)CC1. The summed E-state index contributed by atoms with van der Waals surface area (Å²) in [4.78, 5) is 17.4. The number of halogens is 4. The predicted molar refractivity (Wildman–Crippen MR) is 93.4 cm³/mol. The van der Waals surface area contributed by atoms with Crippen molar-refractivity contribution in [2.24, 2.45) is 5.92 Å². The van der Waals surface area contributed by atoms with Gasteiger partial charge in [-0.2, -0.15) is 13.2 Å². The monoisotopic (exact) mass is 393 g/mol. The summed E-state index contributed by atoms with van der Waals surface area (Å²) in [5.41, 5.74) is -1.40. The van der Waals surface area contributed by atoms with E-state index in [1.54, 1.807) is 20.8 Å². The van der Waals surface area contributed by atoms with Crippen molar-refractivity contribution < 1.29 is 22.7 Å². The summed E-state index contributed by atoms with van der Waals surface area (Å²) in [6, 6.07) is 0.903. The Labute approximate surface area is 155 Å². The van der Waals surface area contributed by atoms with E-state index < -0.39 is 23.4 Å². The van der Waals surface area contributed by atoms with Gasteiger partial charge in [-0.25, -0.2) is 9.78 Å². The van der Waals surface area contributed by atoms with Gasteiger partial charge in [0.15, 0.2) is 0 Å². The summed E-state index contributed by atoms with van der Waals surface area (Å²) in [6.45, 7) is 7.11. The number of alkyl carbamates (subject to hydrolysis) is 1. The molecule has 1 N–H and O–H groups in total. The van der Waals surface area contributed by atoms with Crippen LogP contribution in [0, 0.1) is 5.92 Å². The van der Waals surface area contributed by atoms with Crippen LogP contribution in [0.4, 0.5) is 23.8 Å². The number of carbonyl (C=O) groups excluding carboxylic acids is 1. The Morgan fingerprint density at radius 2 is 1.96 bits per heavy atom. The second-order valence-corrected chi connectivity index (χ2v) is 7.75. The summed E-state index contributed by atoms with van der Waals surface area (Å²) >= 11 is 5.99. The number of hydrogen-bond donors (Lipinski definition) is 1. The van der Waals surface area contributed by atoms with Crippen LogP contribution < -0.4 is 10.2 Å². The van der Waals surface area contributed by atoms with Crippen LogP contribution in [0.15, 0.2) is 12.3 Å². The highest BCUT2D eigenvalue weighted by Crippen LogP contribution is 2.34. The van der Waals surface area contributed by atoms with Crippen LogP contribution in [-0.2, 0) is 10.9 Å². The molecule has 0 aliphatic carbocycles. The molecule has 1 amide bonds. The van der Waals surface area contributed by atoms with Crippen LogP contribution in [0.25, 0.3) is 0 Å². The zero-order valence-electron chi connectivity index (χ0n) is 15.0. The normalized spacial score (nSPS) is 16.5. The van der Waals surface area contributed by atoms with Crippen LogP contribution in [0.5, 0.6) is 0 Å². The third-order valence-corrected chi connectivity index (χ3v) is 4.28. The number of piperidine rings is 1. The Morgan fingerprint density at radius 3 is 2.46 bits per heavy atom. The van der Waals surface area contributed by atoms with E-state index in [-0.39, 0.29) is 10.9 Å². The summed E-state index contributed by atoms with van der Waals surface area (Å²) in [5, 5.41) is 2.74. The molecule has 2 rings (SSSR count). The van der Waals surface area contributed by atoms with Gasteiger partial charge >= 0.3 is 12.3 Å². The zero-order valence-corrected chi connectivity index (χ0v) is 15.7. The molecule has 0 atom stereocenters. The standard InChI is InChI=1S/C17H23ClF3N3O2/c1-16(2,3)26-15(25)23-9-11-4-6-24(7-5-11)14-13(18)8-12(10-22-14)17(19,20)21/h8,10-11H,4-7,9H2,1-3H3,(H,23,25). The minimum atomic E-state index is -4.46. The molecule has 0 radical (unpaired) electrons. The van der Waals surface area contributed by atoms with Gasteiger partial charge in [0.1, 0.15) is 11.4 Å². The van der Waals surface area contributed by atoms with Gasteiger partial charge in [-0.05, 0) is 45.6 Å². The van der Waals surface area contributed by atoms with Crippen molar-refractivity contribution in [1.29, 1.82) is 0 Å². The third-order valence-electron chi connectivity index (χ3n) is 4.00. The average molecular weight is 394 g/mol. The van der Waals surface area contributed by atoms with Crippen molar-refractivity contribution in [1.82, 2.24) is 10.3 Å². The first kappa shape index (κ1) is 20.6. The lowest BCUT2D eigenvalue weighted by Gasteiger charge is -2.33. The van der Waals surface area contributed by atoms with Crippen LogP contribution in [0.1, 0.15) is 39.2 Å². The van der Waals surface area contributed by atoms with Gasteiger partial charge < -0.3 is 15.0 Å². The lowest BCUT2D eigenvalue weighted by molar-refractivity contribution is -0.137. The summed E-state index contributed by atoms with van der Waals surface area (Å²) in [7, 11) is 0.